The Labute approximate surface area is 105 Å². The largest absolute Gasteiger partial charge is 0.346 e. The predicted octanol–water partition coefficient (Wildman–Crippen LogP) is 1.86. The first-order valence-corrected chi connectivity index (χ1v) is 5.69. The molecule has 5 heteroatoms. The lowest BCUT2D eigenvalue weighted by atomic mass is 10.1. The molecular weight excluding hydrogens is 226 g/mol. The van der Waals surface area contributed by atoms with E-state index in [0.29, 0.717) is 11.7 Å². The third kappa shape index (κ3) is 1.79. The number of rotatable bonds is 2. The highest BCUT2D eigenvalue weighted by atomic mass is 15.4. The number of hydrogen-bond acceptors (Lipinski definition) is 4. The summed E-state index contributed by atoms with van der Waals surface area (Å²) in [7, 11) is 3.82. The van der Waals surface area contributed by atoms with Crippen molar-refractivity contribution in [3.8, 4) is 11.1 Å². The molecule has 90 valence electrons. The topological polar surface area (TPSA) is 46.3 Å². The van der Waals surface area contributed by atoms with E-state index >= 15 is 0 Å². The van der Waals surface area contributed by atoms with Crippen molar-refractivity contribution >= 4 is 11.7 Å². The van der Waals surface area contributed by atoms with Gasteiger partial charge >= 0.3 is 0 Å². The molecule has 0 bridgehead atoms. The quantitative estimate of drug-likeness (QED) is 0.684. The maximum Gasteiger partial charge on any atom is 0.253 e. The van der Waals surface area contributed by atoms with Gasteiger partial charge < -0.3 is 4.90 Å². The van der Waals surface area contributed by atoms with Gasteiger partial charge in [-0.25, -0.2) is 9.50 Å². The van der Waals surface area contributed by atoms with Gasteiger partial charge in [0.15, 0.2) is 0 Å². The van der Waals surface area contributed by atoms with Crippen molar-refractivity contribution in [2.24, 2.45) is 0 Å². The van der Waals surface area contributed by atoms with E-state index in [1.807, 2.05) is 61.7 Å². The molecular formula is C13H13N5. The standard InChI is InChI=1S/C13H13N5/c1-17(2)13-15-12-14-8-11(9-18(12)16-13)10-6-4-3-5-7-10/h3-9H,1-2H3. The minimum Gasteiger partial charge on any atom is -0.346 e. The molecule has 1 aromatic carbocycles. The molecule has 0 spiro atoms. The van der Waals surface area contributed by atoms with Crippen molar-refractivity contribution in [1.82, 2.24) is 19.6 Å². The Morgan fingerprint density at radius 1 is 1.06 bits per heavy atom. The molecule has 0 fully saturated rings. The third-order valence-electron chi connectivity index (χ3n) is 2.69. The summed E-state index contributed by atoms with van der Waals surface area (Å²) in [6, 6.07) is 10.1. The minimum absolute atomic E-state index is 0.610. The second-order valence-electron chi connectivity index (χ2n) is 4.26. The fraction of sp³-hybridized carbons (Fsp3) is 0.154. The minimum atomic E-state index is 0.610. The number of fused-ring (bicyclic) bond motifs is 1. The smallest absolute Gasteiger partial charge is 0.253 e. The SMILES string of the molecule is CN(C)c1nc2ncc(-c3ccccc3)cn2n1. The molecule has 0 unspecified atom stereocenters. The van der Waals surface area contributed by atoms with Crippen LogP contribution in [0.3, 0.4) is 0 Å². The van der Waals surface area contributed by atoms with Crippen LogP contribution in [0.4, 0.5) is 5.95 Å². The number of aromatic nitrogens is 4. The van der Waals surface area contributed by atoms with Crippen LogP contribution in [-0.2, 0) is 0 Å². The van der Waals surface area contributed by atoms with Gasteiger partial charge in [0, 0.05) is 32.1 Å². The lowest BCUT2D eigenvalue weighted by molar-refractivity contribution is 0.916. The van der Waals surface area contributed by atoms with Crippen molar-refractivity contribution in [2.45, 2.75) is 0 Å². The Morgan fingerprint density at radius 3 is 2.56 bits per heavy atom. The van der Waals surface area contributed by atoms with E-state index in [9.17, 15) is 0 Å². The van der Waals surface area contributed by atoms with E-state index in [1.54, 1.807) is 4.52 Å². The normalized spacial score (nSPS) is 10.8. The van der Waals surface area contributed by atoms with Crippen LogP contribution >= 0.6 is 0 Å². The molecule has 3 rings (SSSR count). The van der Waals surface area contributed by atoms with E-state index in [4.69, 9.17) is 0 Å². The van der Waals surface area contributed by atoms with Crippen LogP contribution in [0.2, 0.25) is 0 Å². The molecule has 0 radical (unpaired) electrons. The Kier molecular flexibility index (Phi) is 2.44. The molecule has 0 aliphatic rings. The fourth-order valence-corrected chi connectivity index (χ4v) is 1.74. The van der Waals surface area contributed by atoms with Gasteiger partial charge in [-0.3, -0.25) is 0 Å². The summed E-state index contributed by atoms with van der Waals surface area (Å²) < 4.78 is 1.71. The van der Waals surface area contributed by atoms with Gasteiger partial charge in [-0.15, -0.1) is 5.10 Å². The zero-order valence-electron chi connectivity index (χ0n) is 10.3. The number of benzene rings is 1. The van der Waals surface area contributed by atoms with E-state index in [-0.39, 0.29) is 0 Å². The van der Waals surface area contributed by atoms with E-state index in [1.165, 1.54) is 0 Å². The van der Waals surface area contributed by atoms with E-state index < -0.39 is 0 Å². The first-order chi connectivity index (χ1) is 8.74. The Bertz CT molecular complexity index is 672. The van der Waals surface area contributed by atoms with Crippen LogP contribution in [-0.4, -0.2) is 33.7 Å². The average Bonchev–Trinajstić information content (AvgIpc) is 2.82. The van der Waals surface area contributed by atoms with Crippen LogP contribution < -0.4 is 4.90 Å². The lowest BCUT2D eigenvalue weighted by Gasteiger charge is -2.03. The molecule has 0 N–H and O–H groups in total. The molecule has 5 nitrogen and oxygen atoms in total. The summed E-state index contributed by atoms with van der Waals surface area (Å²) >= 11 is 0. The molecule has 2 aromatic heterocycles. The Hall–Kier alpha value is -2.43. The molecule has 0 aliphatic heterocycles. The van der Waals surface area contributed by atoms with Gasteiger partial charge in [0.2, 0.25) is 5.95 Å². The highest BCUT2D eigenvalue weighted by Gasteiger charge is 2.07. The first kappa shape index (κ1) is 10.7. The van der Waals surface area contributed by atoms with Crippen molar-refractivity contribution in [1.29, 1.82) is 0 Å². The van der Waals surface area contributed by atoms with Crippen LogP contribution in [0, 0.1) is 0 Å². The van der Waals surface area contributed by atoms with Crippen LogP contribution in [0.5, 0.6) is 0 Å². The molecule has 0 atom stereocenters. The predicted molar refractivity (Wildman–Crippen MR) is 70.5 cm³/mol. The molecule has 0 amide bonds. The molecule has 0 saturated carbocycles. The van der Waals surface area contributed by atoms with Gasteiger partial charge in [0.25, 0.3) is 5.78 Å². The van der Waals surface area contributed by atoms with E-state index in [2.05, 4.69) is 15.1 Å². The van der Waals surface area contributed by atoms with E-state index in [0.717, 1.165) is 11.1 Å². The average molecular weight is 239 g/mol. The van der Waals surface area contributed by atoms with Gasteiger partial charge in [-0.1, -0.05) is 30.3 Å². The number of anilines is 1. The molecule has 3 aromatic rings. The Morgan fingerprint density at radius 2 is 1.83 bits per heavy atom. The second-order valence-corrected chi connectivity index (χ2v) is 4.26. The molecule has 0 aliphatic carbocycles. The second kappa shape index (κ2) is 4.10. The zero-order valence-corrected chi connectivity index (χ0v) is 10.3. The third-order valence-corrected chi connectivity index (χ3v) is 2.69. The molecule has 2 heterocycles. The molecule has 0 saturated heterocycles. The van der Waals surface area contributed by atoms with Crippen molar-refractivity contribution in [3.63, 3.8) is 0 Å². The van der Waals surface area contributed by atoms with Gasteiger partial charge in [-0.2, -0.15) is 4.98 Å². The van der Waals surface area contributed by atoms with Crippen LogP contribution in [0.1, 0.15) is 0 Å². The Balaban J connectivity index is 2.11. The van der Waals surface area contributed by atoms with Gasteiger partial charge in [-0.05, 0) is 5.56 Å². The maximum atomic E-state index is 4.37. The van der Waals surface area contributed by atoms with Crippen molar-refractivity contribution in [2.75, 3.05) is 19.0 Å². The van der Waals surface area contributed by atoms with Crippen molar-refractivity contribution < 1.29 is 0 Å². The van der Waals surface area contributed by atoms with Crippen LogP contribution in [0.15, 0.2) is 42.7 Å². The summed E-state index contributed by atoms with van der Waals surface area (Å²) in [4.78, 5) is 10.5. The monoisotopic (exact) mass is 239 g/mol. The number of nitrogens with zero attached hydrogens (tertiary/aromatic N) is 5. The zero-order chi connectivity index (χ0) is 12.5. The summed E-state index contributed by atoms with van der Waals surface area (Å²) in [6.07, 6.45) is 3.76. The van der Waals surface area contributed by atoms with Crippen molar-refractivity contribution in [3.05, 3.63) is 42.7 Å². The number of hydrogen-bond donors (Lipinski definition) is 0. The van der Waals surface area contributed by atoms with Gasteiger partial charge in [0.1, 0.15) is 0 Å². The summed E-state index contributed by atoms with van der Waals surface area (Å²) in [6.45, 7) is 0. The summed E-state index contributed by atoms with van der Waals surface area (Å²) in [5.74, 6) is 1.27. The lowest BCUT2D eigenvalue weighted by Crippen LogP contribution is -2.10. The summed E-state index contributed by atoms with van der Waals surface area (Å²) in [5, 5.41) is 4.37. The maximum absolute atomic E-state index is 4.37. The van der Waals surface area contributed by atoms with Crippen LogP contribution in [0.25, 0.3) is 16.9 Å². The fourth-order valence-electron chi connectivity index (χ4n) is 1.74. The highest BCUT2D eigenvalue weighted by Crippen LogP contribution is 2.18. The summed E-state index contributed by atoms with van der Waals surface area (Å²) in [5.41, 5.74) is 2.15. The van der Waals surface area contributed by atoms with Gasteiger partial charge in [0.05, 0.1) is 0 Å². The highest BCUT2D eigenvalue weighted by molar-refractivity contribution is 5.62. The molecule has 18 heavy (non-hydrogen) atoms. The first-order valence-electron chi connectivity index (χ1n) is 5.69.